The molecule has 1 atom stereocenters. The molecule has 1 N–H and O–H groups in total. The van der Waals surface area contributed by atoms with Crippen LogP contribution in [0.4, 0.5) is 13.2 Å². The van der Waals surface area contributed by atoms with Gasteiger partial charge in [-0.15, -0.1) is 11.3 Å². The first-order valence-corrected chi connectivity index (χ1v) is 11.2. The van der Waals surface area contributed by atoms with Crippen LogP contribution in [0, 0.1) is 0 Å². The number of halogens is 4. The van der Waals surface area contributed by atoms with E-state index in [1.54, 1.807) is 0 Å². The maximum Gasteiger partial charge on any atom is 0.416 e. The minimum atomic E-state index is -4.38. The number of alkyl halides is 3. The molecule has 0 radical (unpaired) electrons. The van der Waals surface area contributed by atoms with Crippen LogP contribution in [0.1, 0.15) is 40.1 Å². The summed E-state index contributed by atoms with van der Waals surface area (Å²) in [7, 11) is 0. The van der Waals surface area contributed by atoms with Gasteiger partial charge < -0.3 is 9.88 Å². The van der Waals surface area contributed by atoms with Crippen molar-refractivity contribution < 1.29 is 18.0 Å². The first-order chi connectivity index (χ1) is 14.7. The first-order valence-electron chi connectivity index (χ1n) is 9.52. The maximum atomic E-state index is 13.1. The zero-order valence-electron chi connectivity index (χ0n) is 16.4. The Morgan fingerprint density at radius 1 is 1.13 bits per heavy atom. The van der Waals surface area contributed by atoms with Gasteiger partial charge in [-0.25, -0.2) is 0 Å². The molecule has 3 nitrogen and oxygen atoms in total. The van der Waals surface area contributed by atoms with E-state index < -0.39 is 11.7 Å². The van der Waals surface area contributed by atoms with Gasteiger partial charge in [-0.2, -0.15) is 13.2 Å². The van der Waals surface area contributed by atoms with Crippen LogP contribution in [-0.2, 0) is 12.7 Å². The van der Waals surface area contributed by atoms with Crippen LogP contribution in [0.5, 0.6) is 0 Å². The summed E-state index contributed by atoms with van der Waals surface area (Å²) >= 11 is 5.03. The number of fused-ring (bicyclic) bond motifs is 1. The van der Waals surface area contributed by atoms with Gasteiger partial charge in [0.2, 0.25) is 0 Å². The fourth-order valence-corrected chi connectivity index (χ4v) is 5.15. The molecule has 4 aromatic rings. The van der Waals surface area contributed by atoms with Gasteiger partial charge in [0.15, 0.2) is 0 Å². The van der Waals surface area contributed by atoms with Crippen LogP contribution in [-0.4, -0.2) is 10.5 Å². The molecule has 0 spiro atoms. The van der Waals surface area contributed by atoms with E-state index in [0.717, 1.165) is 32.4 Å². The fourth-order valence-electron chi connectivity index (χ4n) is 3.46. The van der Waals surface area contributed by atoms with Crippen LogP contribution in [0.15, 0.2) is 70.5 Å². The number of aromatic nitrogens is 1. The summed E-state index contributed by atoms with van der Waals surface area (Å²) in [6, 6.07) is 16.3. The van der Waals surface area contributed by atoms with E-state index in [2.05, 4.69) is 21.2 Å². The normalized spacial score (nSPS) is 12.8. The van der Waals surface area contributed by atoms with Gasteiger partial charge in [0.25, 0.3) is 5.91 Å². The third-order valence-electron chi connectivity index (χ3n) is 5.08. The lowest BCUT2D eigenvalue weighted by Gasteiger charge is -2.16. The van der Waals surface area contributed by atoms with E-state index in [-0.39, 0.29) is 18.5 Å². The molecule has 160 valence electrons. The first kappa shape index (κ1) is 21.6. The number of carbonyl (C=O) groups is 1. The molecular formula is C23H18BrF3N2OS. The minimum absolute atomic E-state index is 0.190. The summed E-state index contributed by atoms with van der Waals surface area (Å²) in [6.45, 7) is 2.19. The van der Waals surface area contributed by atoms with Gasteiger partial charge in [-0.1, -0.05) is 42.5 Å². The van der Waals surface area contributed by atoms with E-state index >= 15 is 0 Å². The highest BCUT2D eigenvalue weighted by Crippen LogP contribution is 2.34. The highest BCUT2D eigenvalue weighted by Gasteiger charge is 2.30. The van der Waals surface area contributed by atoms with Crippen LogP contribution in [0.25, 0.3) is 10.2 Å². The summed E-state index contributed by atoms with van der Waals surface area (Å²) in [4.78, 5) is 13.1. The van der Waals surface area contributed by atoms with E-state index in [9.17, 15) is 18.0 Å². The van der Waals surface area contributed by atoms with Crippen LogP contribution in [0.2, 0.25) is 0 Å². The molecule has 8 heteroatoms. The van der Waals surface area contributed by atoms with Crippen LogP contribution in [0.3, 0.4) is 0 Å². The third-order valence-corrected chi connectivity index (χ3v) is 6.91. The second-order valence-electron chi connectivity index (χ2n) is 7.21. The van der Waals surface area contributed by atoms with E-state index in [1.807, 2.05) is 53.3 Å². The second-order valence-corrected chi connectivity index (χ2v) is 8.98. The highest BCUT2D eigenvalue weighted by molar-refractivity contribution is 9.10. The van der Waals surface area contributed by atoms with Crippen molar-refractivity contribution in [2.45, 2.75) is 25.7 Å². The van der Waals surface area contributed by atoms with Gasteiger partial charge in [-0.3, -0.25) is 4.79 Å². The molecule has 1 amide bonds. The Balaban J connectivity index is 1.65. The average molecular weight is 507 g/mol. The minimum Gasteiger partial charge on any atom is -0.344 e. The number of benzene rings is 2. The van der Waals surface area contributed by atoms with Crippen LogP contribution < -0.4 is 5.32 Å². The van der Waals surface area contributed by atoms with Gasteiger partial charge in [0.05, 0.1) is 26.3 Å². The van der Waals surface area contributed by atoms with Crippen molar-refractivity contribution in [1.29, 1.82) is 0 Å². The van der Waals surface area contributed by atoms with Crippen molar-refractivity contribution in [2.24, 2.45) is 0 Å². The Labute approximate surface area is 189 Å². The van der Waals surface area contributed by atoms with Gasteiger partial charge >= 0.3 is 6.18 Å². The van der Waals surface area contributed by atoms with Crippen molar-refractivity contribution in [2.75, 3.05) is 0 Å². The molecule has 0 aliphatic rings. The fraction of sp³-hybridized carbons (Fsp3) is 0.174. The molecule has 0 aliphatic heterocycles. The molecule has 31 heavy (non-hydrogen) atoms. The van der Waals surface area contributed by atoms with Gasteiger partial charge in [-0.05, 0) is 52.2 Å². The summed E-state index contributed by atoms with van der Waals surface area (Å²) < 4.78 is 42.3. The van der Waals surface area contributed by atoms with Gasteiger partial charge in [0, 0.05) is 11.9 Å². The lowest BCUT2D eigenvalue weighted by Crippen LogP contribution is -2.28. The van der Waals surface area contributed by atoms with Crippen molar-refractivity contribution in [3.63, 3.8) is 0 Å². The molecule has 0 bridgehead atoms. The molecule has 0 saturated carbocycles. The Morgan fingerprint density at radius 2 is 1.81 bits per heavy atom. The molecule has 2 aromatic carbocycles. The number of amides is 1. The number of nitrogens with one attached hydrogen (secondary N) is 1. The largest absolute Gasteiger partial charge is 0.416 e. The lowest BCUT2D eigenvalue weighted by molar-refractivity contribution is -0.137. The van der Waals surface area contributed by atoms with E-state index in [1.165, 1.54) is 23.5 Å². The maximum absolute atomic E-state index is 13.1. The predicted molar refractivity (Wildman–Crippen MR) is 120 cm³/mol. The average Bonchev–Trinajstić information content (AvgIpc) is 3.28. The number of nitrogens with zero attached hydrogens (tertiary/aromatic N) is 1. The van der Waals surface area contributed by atoms with Crippen molar-refractivity contribution >= 4 is 43.4 Å². The SMILES string of the molecule is C[C@H](NC(=O)c1cc2scc(Br)c2n1Cc1ccc(C(F)(F)F)cc1)c1ccccc1. The molecule has 0 saturated heterocycles. The number of hydrogen-bond acceptors (Lipinski definition) is 2. The zero-order chi connectivity index (χ0) is 22.2. The van der Waals surface area contributed by atoms with Crippen molar-refractivity contribution in [3.05, 3.63) is 92.9 Å². The highest BCUT2D eigenvalue weighted by atomic mass is 79.9. The zero-order valence-corrected chi connectivity index (χ0v) is 18.8. The van der Waals surface area contributed by atoms with Crippen molar-refractivity contribution in [1.82, 2.24) is 9.88 Å². The molecule has 4 rings (SSSR count). The summed E-state index contributed by atoms with van der Waals surface area (Å²) in [6.07, 6.45) is -4.38. The molecule has 0 fully saturated rings. The Kier molecular flexibility index (Phi) is 5.94. The predicted octanol–water partition coefficient (Wildman–Crippen LogP) is 7.02. The third kappa shape index (κ3) is 4.55. The molecule has 0 unspecified atom stereocenters. The Morgan fingerprint density at radius 3 is 2.45 bits per heavy atom. The number of rotatable bonds is 5. The van der Waals surface area contributed by atoms with E-state index in [0.29, 0.717) is 11.3 Å². The topological polar surface area (TPSA) is 34.0 Å². The number of hydrogen-bond donors (Lipinski definition) is 1. The lowest BCUT2D eigenvalue weighted by atomic mass is 10.1. The molecular weight excluding hydrogens is 489 g/mol. The Bertz CT molecular complexity index is 1210. The van der Waals surface area contributed by atoms with Gasteiger partial charge in [0.1, 0.15) is 5.69 Å². The summed E-state index contributed by atoms with van der Waals surface area (Å²) in [5.74, 6) is -0.237. The van der Waals surface area contributed by atoms with E-state index in [4.69, 9.17) is 0 Å². The second kappa shape index (κ2) is 8.51. The summed E-state index contributed by atoms with van der Waals surface area (Å²) in [5.41, 5.74) is 2.28. The molecule has 2 aromatic heterocycles. The molecule has 2 heterocycles. The standard InChI is InChI=1S/C23H18BrF3N2OS/c1-14(16-5-3-2-4-6-16)28-22(30)19-11-20-21(18(24)13-31-20)29(19)12-15-7-9-17(10-8-15)23(25,26)27/h2-11,13-14H,12H2,1H3,(H,28,30)/t14-/m0/s1. The Hall–Kier alpha value is -2.58. The number of carbonyl (C=O) groups excluding carboxylic acids is 1. The molecule has 0 aliphatic carbocycles. The smallest absolute Gasteiger partial charge is 0.344 e. The van der Waals surface area contributed by atoms with Crippen molar-refractivity contribution in [3.8, 4) is 0 Å². The number of thiophene rings is 1. The van der Waals surface area contributed by atoms with Crippen LogP contribution >= 0.6 is 27.3 Å². The quantitative estimate of drug-likeness (QED) is 0.310. The summed E-state index contributed by atoms with van der Waals surface area (Å²) in [5, 5.41) is 4.95. The monoisotopic (exact) mass is 506 g/mol.